The summed E-state index contributed by atoms with van der Waals surface area (Å²) in [7, 11) is -3.33. The van der Waals surface area contributed by atoms with Gasteiger partial charge in [0, 0.05) is 0 Å². The number of hydrogen-bond donors (Lipinski definition) is 1. The average molecular weight is 260 g/mol. The lowest BCUT2D eigenvalue weighted by Crippen LogP contribution is -2.18. The van der Waals surface area contributed by atoms with Crippen molar-refractivity contribution < 1.29 is 14.0 Å². The van der Waals surface area contributed by atoms with Gasteiger partial charge in [-0.2, -0.15) is 0 Å². The Bertz CT molecular complexity index is 268. The molecule has 3 nitrogen and oxygen atoms in total. The maximum Gasteiger partial charge on any atom is 0.331 e. The molecule has 0 spiro atoms. The molecule has 0 aliphatic heterocycles. The summed E-state index contributed by atoms with van der Waals surface area (Å²) in [4.78, 5) is 10.0. The molecule has 2 aliphatic rings. The Balaban J connectivity index is 1.77. The van der Waals surface area contributed by atoms with E-state index in [1.807, 2.05) is 0 Å². The molecule has 0 aromatic carbocycles. The molecule has 0 saturated heterocycles. The molecule has 2 aliphatic carbocycles. The van der Waals surface area contributed by atoms with Gasteiger partial charge in [0.05, 0.1) is 12.3 Å². The Labute approximate surface area is 104 Å². The molecule has 0 bridgehead atoms. The highest BCUT2D eigenvalue weighted by atomic mass is 31.2. The van der Waals surface area contributed by atoms with Crippen LogP contribution in [0.15, 0.2) is 0 Å². The van der Waals surface area contributed by atoms with Crippen molar-refractivity contribution in [3.05, 3.63) is 0 Å². The quantitative estimate of drug-likeness (QED) is 0.774. The molecule has 0 radical (unpaired) electrons. The first-order chi connectivity index (χ1) is 8.18. The van der Waals surface area contributed by atoms with Gasteiger partial charge < -0.3 is 9.42 Å². The first-order valence-corrected chi connectivity index (χ1v) is 8.80. The van der Waals surface area contributed by atoms with E-state index >= 15 is 0 Å². The number of hydrogen-bond acceptors (Lipinski definition) is 2. The summed E-state index contributed by atoms with van der Waals surface area (Å²) in [6, 6.07) is 0. The molecule has 0 amide bonds. The fourth-order valence-electron chi connectivity index (χ4n) is 3.08. The summed E-state index contributed by atoms with van der Waals surface area (Å²) in [5, 5.41) is 0. The lowest BCUT2D eigenvalue weighted by Gasteiger charge is -2.28. The van der Waals surface area contributed by atoms with Crippen LogP contribution in [0.5, 0.6) is 0 Å². The van der Waals surface area contributed by atoms with Crippen molar-refractivity contribution in [2.24, 2.45) is 5.92 Å². The maximum absolute atomic E-state index is 12.1. The molecule has 0 aromatic heterocycles. The molecule has 0 aromatic rings. The zero-order chi connectivity index (χ0) is 12.1. The second-order valence-corrected chi connectivity index (χ2v) is 7.77. The minimum Gasteiger partial charge on any atom is -0.324 e. The van der Waals surface area contributed by atoms with E-state index in [0.717, 1.165) is 25.7 Å². The van der Waals surface area contributed by atoms with Gasteiger partial charge in [-0.05, 0) is 31.6 Å². The van der Waals surface area contributed by atoms with Crippen molar-refractivity contribution in [1.29, 1.82) is 0 Å². The van der Waals surface area contributed by atoms with Crippen LogP contribution in [0.2, 0.25) is 0 Å². The van der Waals surface area contributed by atoms with E-state index in [2.05, 4.69) is 0 Å². The van der Waals surface area contributed by atoms with Crippen molar-refractivity contribution in [1.82, 2.24) is 0 Å². The van der Waals surface area contributed by atoms with Crippen LogP contribution in [-0.2, 0) is 9.09 Å². The molecule has 1 N–H and O–H groups in total. The SMILES string of the molecule is O=P(O)(OCC1CCCCC1)C1CCCCC1. The van der Waals surface area contributed by atoms with E-state index in [1.54, 1.807) is 0 Å². The van der Waals surface area contributed by atoms with Crippen molar-refractivity contribution in [3.8, 4) is 0 Å². The Morgan fingerprint density at radius 2 is 1.47 bits per heavy atom. The molecular weight excluding hydrogens is 235 g/mol. The normalized spacial score (nSPS) is 27.8. The highest BCUT2D eigenvalue weighted by molar-refractivity contribution is 7.53. The monoisotopic (exact) mass is 260 g/mol. The maximum atomic E-state index is 12.1. The zero-order valence-corrected chi connectivity index (χ0v) is 11.5. The summed E-state index contributed by atoms with van der Waals surface area (Å²) < 4.78 is 17.6. The third-order valence-corrected chi connectivity index (χ3v) is 6.21. The van der Waals surface area contributed by atoms with Gasteiger partial charge in [-0.25, -0.2) is 0 Å². The van der Waals surface area contributed by atoms with Crippen LogP contribution < -0.4 is 0 Å². The topological polar surface area (TPSA) is 46.5 Å². The van der Waals surface area contributed by atoms with Crippen molar-refractivity contribution in [2.45, 2.75) is 69.9 Å². The van der Waals surface area contributed by atoms with Crippen LogP contribution in [0.3, 0.4) is 0 Å². The summed E-state index contributed by atoms with van der Waals surface area (Å²) >= 11 is 0. The predicted octanol–water partition coefficient (Wildman–Crippen LogP) is 4.10. The van der Waals surface area contributed by atoms with Gasteiger partial charge in [0.15, 0.2) is 0 Å². The van der Waals surface area contributed by atoms with Gasteiger partial charge >= 0.3 is 7.60 Å². The molecule has 17 heavy (non-hydrogen) atoms. The molecular formula is C13H25O3P. The van der Waals surface area contributed by atoms with Crippen LogP contribution in [0.1, 0.15) is 64.2 Å². The smallest absolute Gasteiger partial charge is 0.324 e. The zero-order valence-electron chi connectivity index (χ0n) is 10.6. The molecule has 0 heterocycles. The fraction of sp³-hybridized carbons (Fsp3) is 1.00. The first-order valence-electron chi connectivity index (χ1n) is 7.15. The summed E-state index contributed by atoms with van der Waals surface area (Å²) in [5.41, 5.74) is -0.0835. The Morgan fingerprint density at radius 1 is 0.941 bits per heavy atom. The predicted molar refractivity (Wildman–Crippen MR) is 69.2 cm³/mol. The van der Waals surface area contributed by atoms with Crippen LogP contribution >= 0.6 is 7.60 Å². The molecule has 2 rings (SSSR count). The minimum absolute atomic E-state index is 0.0835. The highest BCUT2D eigenvalue weighted by Crippen LogP contribution is 2.53. The third kappa shape index (κ3) is 4.08. The fourth-order valence-corrected chi connectivity index (χ4v) is 4.73. The summed E-state index contributed by atoms with van der Waals surface area (Å²) in [6.45, 7) is 0.504. The number of rotatable bonds is 4. The van der Waals surface area contributed by atoms with E-state index in [1.165, 1.54) is 38.5 Å². The summed E-state index contributed by atoms with van der Waals surface area (Å²) in [6.07, 6.45) is 11.3. The van der Waals surface area contributed by atoms with Crippen LogP contribution in [0.4, 0.5) is 0 Å². The lowest BCUT2D eigenvalue weighted by molar-refractivity contribution is 0.178. The van der Waals surface area contributed by atoms with Crippen LogP contribution in [0.25, 0.3) is 0 Å². The summed E-state index contributed by atoms with van der Waals surface area (Å²) in [5.74, 6) is 0.521. The van der Waals surface area contributed by atoms with E-state index in [9.17, 15) is 9.46 Å². The van der Waals surface area contributed by atoms with Crippen molar-refractivity contribution in [2.75, 3.05) is 6.61 Å². The molecule has 100 valence electrons. The molecule has 1 atom stereocenters. The molecule has 2 fully saturated rings. The highest BCUT2D eigenvalue weighted by Gasteiger charge is 2.34. The Morgan fingerprint density at radius 3 is 2.06 bits per heavy atom. The van der Waals surface area contributed by atoms with Gasteiger partial charge in [0.1, 0.15) is 0 Å². The van der Waals surface area contributed by atoms with E-state index in [0.29, 0.717) is 12.5 Å². The van der Waals surface area contributed by atoms with Gasteiger partial charge in [-0.15, -0.1) is 0 Å². The second-order valence-electron chi connectivity index (χ2n) is 5.66. The van der Waals surface area contributed by atoms with Gasteiger partial charge in [0.25, 0.3) is 0 Å². The largest absolute Gasteiger partial charge is 0.331 e. The van der Waals surface area contributed by atoms with Gasteiger partial charge in [-0.1, -0.05) is 38.5 Å². The van der Waals surface area contributed by atoms with Crippen LogP contribution in [-0.4, -0.2) is 17.2 Å². The lowest BCUT2D eigenvalue weighted by atomic mass is 9.90. The Kier molecular flexibility index (Phi) is 5.08. The van der Waals surface area contributed by atoms with Crippen molar-refractivity contribution in [3.63, 3.8) is 0 Å². The van der Waals surface area contributed by atoms with E-state index in [4.69, 9.17) is 4.52 Å². The van der Waals surface area contributed by atoms with Crippen molar-refractivity contribution >= 4 is 7.60 Å². The third-order valence-electron chi connectivity index (χ3n) is 4.26. The Hall–Kier alpha value is 0.150. The first kappa shape index (κ1) is 13.6. The molecule has 1 unspecified atom stereocenters. The van der Waals surface area contributed by atoms with Crippen LogP contribution in [0, 0.1) is 5.92 Å². The second kappa shape index (κ2) is 6.36. The van der Waals surface area contributed by atoms with Gasteiger partial charge in [-0.3, -0.25) is 4.57 Å². The average Bonchev–Trinajstić information content (AvgIpc) is 2.39. The molecule has 2 saturated carbocycles. The van der Waals surface area contributed by atoms with Gasteiger partial charge in [0.2, 0.25) is 0 Å². The van der Waals surface area contributed by atoms with E-state index < -0.39 is 7.60 Å². The standard InChI is InChI=1S/C13H25O3P/c14-17(15,13-9-5-2-6-10-13)16-11-12-7-3-1-4-8-12/h12-13H,1-11H2,(H,14,15). The minimum atomic E-state index is -3.33. The molecule has 4 heteroatoms. The van der Waals surface area contributed by atoms with E-state index in [-0.39, 0.29) is 5.66 Å².